The van der Waals surface area contributed by atoms with Crippen molar-refractivity contribution in [2.45, 2.75) is 6.29 Å². The molecule has 0 aromatic heterocycles. The van der Waals surface area contributed by atoms with Crippen LogP contribution in [0.2, 0.25) is 0 Å². The molecule has 0 aliphatic carbocycles. The van der Waals surface area contributed by atoms with Crippen molar-refractivity contribution in [3.63, 3.8) is 0 Å². The molecule has 0 atom stereocenters. The molecule has 2 nitrogen and oxygen atoms in total. The molecule has 0 radical (unpaired) electrons. The van der Waals surface area contributed by atoms with E-state index < -0.39 is 0 Å². The largest absolute Gasteiger partial charge is 0.346 e. The lowest BCUT2D eigenvalue weighted by Crippen LogP contribution is -1.98. The van der Waals surface area contributed by atoms with E-state index in [1.807, 2.05) is 22.6 Å². The van der Waals surface area contributed by atoms with E-state index in [0.717, 1.165) is 5.56 Å². The Labute approximate surface area is 89.2 Å². The molecule has 2 rings (SSSR count). The van der Waals surface area contributed by atoms with Crippen LogP contribution in [-0.2, 0) is 9.47 Å². The van der Waals surface area contributed by atoms with Crippen molar-refractivity contribution >= 4 is 22.6 Å². The molecule has 0 spiro atoms. The Bertz CT molecular complexity index is 310. The topological polar surface area (TPSA) is 18.5 Å². The van der Waals surface area contributed by atoms with Gasteiger partial charge in [-0.1, -0.05) is 6.07 Å². The molecular weight excluding hydrogens is 286 g/mol. The van der Waals surface area contributed by atoms with Crippen LogP contribution in [0.25, 0.3) is 0 Å². The SMILES string of the molecule is Fc1ccc(C2OCCO2)cc1I. The van der Waals surface area contributed by atoms with Gasteiger partial charge in [0.25, 0.3) is 0 Å². The van der Waals surface area contributed by atoms with Gasteiger partial charge in [-0.15, -0.1) is 0 Å². The molecule has 1 fully saturated rings. The van der Waals surface area contributed by atoms with E-state index in [4.69, 9.17) is 9.47 Å². The molecule has 0 saturated carbocycles. The Balaban J connectivity index is 2.25. The Hall–Kier alpha value is -0.200. The van der Waals surface area contributed by atoms with Gasteiger partial charge in [-0.05, 0) is 34.7 Å². The van der Waals surface area contributed by atoms with Gasteiger partial charge in [0.2, 0.25) is 0 Å². The van der Waals surface area contributed by atoms with Crippen LogP contribution < -0.4 is 0 Å². The van der Waals surface area contributed by atoms with E-state index in [1.54, 1.807) is 12.1 Å². The summed E-state index contributed by atoms with van der Waals surface area (Å²) in [6.07, 6.45) is -0.311. The standard InChI is InChI=1S/C9H8FIO2/c10-7-2-1-6(5-8(7)11)9-12-3-4-13-9/h1-2,5,9H,3-4H2. The minimum Gasteiger partial charge on any atom is -0.346 e. The molecule has 1 aromatic rings. The summed E-state index contributed by atoms with van der Waals surface area (Å²) in [6.45, 7) is 1.22. The van der Waals surface area contributed by atoms with Crippen LogP contribution in [0.3, 0.4) is 0 Å². The third kappa shape index (κ3) is 2.00. The molecule has 1 heterocycles. The predicted molar refractivity (Wildman–Crippen MR) is 53.8 cm³/mol. The first-order valence-electron chi connectivity index (χ1n) is 3.95. The van der Waals surface area contributed by atoms with Crippen LogP contribution in [0.5, 0.6) is 0 Å². The lowest BCUT2D eigenvalue weighted by atomic mass is 10.2. The van der Waals surface area contributed by atoms with Crippen molar-refractivity contribution in [2.75, 3.05) is 13.2 Å². The molecular formula is C9H8FIO2. The van der Waals surface area contributed by atoms with Gasteiger partial charge >= 0.3 is 0 Å². The quantitative estimate of drug-likeness (QED) is 0.741. The monoisotopic (exact) mass is 294 g/mol. The molecule has 0 bridgehead atoms. The van der Waals surface area contributed by atoms with Crippen LogP contribution in [0.15, 0.2) is 18.2 Å². The molecule has 1 aromatic carbocycles. The van der Waals surface area contributed by atoms with Crippen LogP contribution >= 0.6 is 22.6 Å². The normalized spacial score (nSPS) is 18.0. The summed E-state index contributed by atoms with van der Waals surface area (Å²) in [6, 6.07) is 4.86. The van der Waals surface area contributed by atoms with Gasteiger partial charge < -0.3 is 9.47 Å². The van der Waals surface area contributed by atoms with Gasteiger partial charge in [-0.2, -0.15) is 0 Å². The van der Waals surface area contributed by atoms with Crippen LogP contribution in [-0.4, -0.2) is 13.2 Å². The van der Waals surface area contributed by atoms with Gasteiger partial charge in [-0.25, -0.2) is 4.39 Å². The minimum absolute atomic E-state index is 0.206. The maximum absolute atomic E-state index is 12.9. The summed E-state index contributed by atoms with van der Waals surface area (Å²) < 4.78 is 24.1. The zero-order valence-corrected chi connectivity index (χ0v) is 8.95. The predicted octanol–water partition coefficient (Wildman–Crippen LogP) is 2.48. The van der Waals surface area contributed by atoms with Crippen molar-refractivity contribution in [3.8, 4) is 0 Å². The van der Waals surface area contributed by atoms with Crippen LogP contribution in [0.4, 0.5) is 4.39 Å². The highest BCUT2D eigenvalue weighted by molar-refractivity contribution is 14.1. The van der Waals surface area contributed by atoms with Crippen LogP contribution in [0, 0.1) is 9.39 Å². The molecule has 0 amide bonds. The van der Waals surface area contributed by atoms with E-state index >= 15 is 0 Å². The molecule has 13 heavy (non-hydrogen) atoms. The van der Waals surface area contributed by atoms with Crippen molar-refractivity contribution in [2.24, 2.45) is 0 Å². The van der Waals surface area contributed by atoms with Gasteiger partial charge in [0.1, 0.15) is 5.82 Å². The molecule has 1 aliphatic heterocycles. The highest BCUT2D eigenvalue weighted by Gasteiger charge is 2.18. The van der Waals surface area contributed by atoms with E-state index in [-0.39, 0.29) is 12.1 Å². The Morgan fingerprint density at radius 3 is 2.62 bits per heavy atom. The molecule has 70 valence electrons. The van der Waals surface area contributed by atoms with E-state index in [0.29, 0.717) is 16.8 Å². The first-order chi connectivity index (χ1) is 6.27. The highest BCUT2D eigenvalue weighted by atomic mass is 127. The zero-order chi connectivity index (χ0) is 9.26. The van der Waals surface area contributed by atoms with E-state index in [9.17, 15) is 4.39 Å². The first kappa shape index (κ1) is 9.36. The van der Waals surface area contributed by atoms with Gasteiger partial charge in [0.15, 0.2) is 6.29 Å². The fourth-order valence-corrected chi connectivity index (χ4v) is 1.75. The number of hydrogen-bond acceptors (Lipinski definition) is 2. The lowest BCUT2D eigenvalue weighted by Gasteiger charge is -2.09. The number of halogens is 2. The summed E-state index contributed by atoms with van der Waals surface area (Å²) in [5.41, 5.74) is 0.878. The van der Waals surface area contributed by atoms with Crippen molar-refractivity contribution < 1.29 is 13.9 Å². The van der Waals surface area contributed by atoms with E-state index in [2.05, 4.69) is 0 Å². The minimum atomic E-state index is -0.311. The van der Waals surface area contributed by atoms with Gasteiger partial charge in [0.05, 0.1) is 13.2 Å². The fourth-order valence-electron chi connectivity index (χ4n) is 1.21. The number of ether oxygens (including phenoxy) is 2. The Kier molecular flexibility index (Phi) is 2.80. The first-order valence-corrected chi connectivity index (χ1v) is 5.03. The second kappa shape index (κ2) is 3.89. The van der Waals surface area contributed by atoms with Gasteiger partial charge in [-0.3, -0.25) is 0 Å². The molecule has 0 N–H and O–H groups in total. The highest BCUT2D eigenvalue weighted by Crippen LogP contribution is 2.25. The lowest BCUT2D eigenvalue weighted by molar-refractivity contribution is -0.0441. The summed E-state index contributed by atoms with van der Waals surface area (Å²) >= 11 is 1.95. The van der Waals surface area contributed by atoms with Crippen molar-refractivity contribution in [1.29, 1.82) is 0 Å². The second-order valence-electron chi connectivity index (χ2n) is 2.75. The average Bonchev–Trinajstić information content (AvgIpc) is 2.62. The second-order valence-corrected chi connectivity index (χ2v) is 3.91. The van der Waals surface area contributed by atoms with Gasteiger partial charge in [0, 0.05) is 9.13 Å². The number of hydrogen-bond donors (Lipinski definition) is 0. The zero-order valence-electron chi connectivity index (χ0n) is 6.80. The Morgan fingerprint density at radius 1 is 1.31 bits per heavy atom. The van der Waals surface area contributed by atoms with Crippen molar-refractivity contribution in [1.82, 2.24) is 0 Å². The maximum atomic E-state index is 12.9. The number of benzene rings is 1. The summed E-state index contributed by atoms with van der Waals surface area (Å²) in [5, 5.41) is 0. The van der Waals surface area contributed by atoms with Crippen LogP contribution in [0.1, 0.15) is 11.9 Å². The van der Waals surface area contributed by atoms with E-state index in [1.165, 1.54) is 6.07 Å². The molecule has 1 saturated heterocycles. The molecule has 1 aliphatic rings. The third-order valence-corrected chi connectivity index (χ3v) is 2.66. The third-order valence-electron chi connectivity index (χ3n) is 1.84. The molecule has 4 heteroatoms. The smallest absolute Gasteiger partial charge is 0.184 e. The maximum Gasteiger partial charge on any atom is 0.184 e. The summed E-state index contributed by atoms with van der Waals surface area (Å²) in [5.74, 6) is -0.206. The summed E-state index contributed by atoms with van der Waals surface area (Å²) in [7, 11) is 0. The Morgan fingerprint density at radius 2 is 2.00 bits per heavy atom. The number of rotatable bonds is 1. The fraction of sp³-hybridized carbons (Fsp3) is 0.333. The summed E-state index contributed by atoms with van der Waals surface area (Å²) in [4.78, 5) is 0. The average molecular weight is 294 g/mol. The molecule has 0 unspecified atom stereocenters. The van der Waals surface area contributed by atoms with Crippen molar-refractivity contribution in [3.05, 3.63) is 33.1 Å².